The van der Waals surface area contributed by atoms with E-state index in [1.807, 2.05) is 0 Å². The summed E-state index contributed by atoms with van der Waals surface area (Å²) < 4.78 is 46.5. The summed E-state index contributed by atoms with van der Waals surface area (Å²) in [5.74, 6) is -1.38. The minimum absolute atomic E-state index is 0.171. The Morgan fingerprint density at radius 3 is 2.75 bits per heavy atom. The summed E-state index contributed by atoms with van der Waals surface area (Å²) in [6.45, 7) is -3.08. The van der Waals surface area contributed by atoms with Gasteiger partial charge in [0.15, 0.2) is 11.6 Å². The Kier molecular flexibility index (Phi) is 4.39. The van der Waals surface area contributed by atoms with Crippen LogP contribution >= 0.6 is 0 Å². The van der Waals surface area contributed by atoms with Crippen molar-refractivity contribution < 1.29 is 22.6 Å². The molecule has 0 aliphatic rings. The van der Waals surface area contributed by atoms with E-state index in [4.69, 9.17) is 4.74 Å². The molecule has 0 atom stereocenters. The number of methoxy groups -OCH3 is 1. The van der Waals surface area contributed by atoms with Gasteiger partial charge in [0.2, 0.25) is 0 Å². The molecule has 2 aromatic rings. The van der Waals surface area contributed by atoms with Gasteiger partial charge in [0.05, 0.1) is 12.8 Å². The van der Waals surface area contributed by atoms with E-state index in [1.54, 1.807) is 12.5 Å². The maximum Gasteiger partial charge on any atom is 0.387 e. The van der Waals surface area contributed by atoms with Crippen LogP contribution in [0.1, 0.15) is 11.3 Å². The smallest absolute Gasteiger partial charge is 0.387 e. The van der Waals surface area contributed by atoms with Crippen molar-refractivity contribution >= 4 is 0 Å². The minimum atomic E-state index is -3.08. The summed E-state index contributed by atoms with van der Waals surface area (Å²) >= 11 is 0. The zero-order valence-corrected chi connectivity index (χ0v) is 10.4. The normalized spacial score (nSPS) is 10.7. The van der Waals surface area contributed by atoms with Gasteiger partial charge in [0, 0.05) is 12.6 Å². The van der Waals surface area contributed by atoms with Gasteiger partial charge in [-0.15, -0.1) is 0 Å². The number of aromatic nitrogens is 2. The van der Waals surface area contributed by atoms with Crippen molar-refractivity contribution in [2.24, 2.45) is 0 Å². The second-order valence-electron chi connectivity index (χ2n) is 3.68. The van der Waals surface area contributed by atoms with Crippen molar-refractivity contribution in [2.75, 3.05) is 7.11 Å². The zero-order valence-electron chi connectivity index (χ0n) is 10.4. The van der Waals surface area contributed by atoms with Crippen LogP contribution in [0.5, 0.6) is 11.8 Å². The maximum absolute atomic E-state index is 13.3. The largest absolute Gasteiger partial charge is 0.467 e. The molecule has 20 heavy (non-hydrogen) atoms. The fourth-order valence-electron chi connectivity index (χ4n) is 1.50. The highest BCUT2D eigenvalue weighted by Gasteiger charge is 2.11. The molecular formula is C13H10F3N2O2. The highest BCUT2D eigenvalue weighted by atomic mass is 19.3. The molecule has 1 heterocycles. The third-order valence-corrected chi connectivity index (χ3v) is 2.32. The molecule has 0 N–H and O–H groups in total. The highest BCUT2D eigenvalue weighted by Crippen LogP contribution is 2.23. The number of hydrogen-bond donors (Lipinski definition) is 0. The lowest BCUT2D eigenvalue weighted by Crippen LogP contribution is -2.04. The number of alkyl halides is 2. The molecule has 0 fully saturated rings. The van der Waals surface area contributed by atoms with E-state index in [-0.39, 0.29) is 6.01 Å². The van der Waals surface area contributed by atoms with Crippen molar-refractivity contribution in [1.82, 2.24) is 9.97 Å². The summed E-state index contributed by atoms with van der Waals surface area (Å²) in [6.07, 6.45) is 3.04. The van der Waals surface area contributed by atoms with Gasteiger partial charge in [-0.25, -0.2) is 9.37 Å². The fraction of sp³-hybridized carbons (Fsp3) is 0.154. The quantitative estimate of drug-likeness (QED) is 0.846. The molecule has 1 aromatic carbocycles. The molecule has 0 aliphatic carbocycles. The third-order valence-electron chi connectivity index (χ3n) is 2.32. The Bertz CT molecular complexity index is 594. The lowest BCUT2D eigenvalue weighted by Gasteiger charge is -2.08. The van der Waals surface area contributed by atoms with E-state index in [0.29, 0.717) is 11.3 Å². The van der Waals surface area contributed by atoms with Crippen molar-refractivity contribution in [2.45, 2.75) is 6.61 Å². The van der Waals surface area contributed by atoms with Crippen molar-refractivity contribution in [1.29, 1.82) is 0 Å². The van der Waals surface area contributed by atoms with Gasteiger partial charge in [-0.3, -0.25) is 0 Å². The van der Waals surface area contributed by atoms with Crippen LogP contribution in [0.3, 0.4) is 0 Å². The van der Waals surface area contributed by atoms with Crippen molar-refractivity contribution in [3.63, 3.8) is 0 Å². The molecule has 0 saturated carbocycles. The molecule has 2 rings (SSSR count). The van der Waals surface area contributed by atoms with Gasteiger partial charge in [-0.1, -0.05) is 6.07 Å². The van der Waals surface area contributed by atoms with Crippen molar-refractivity contribution in [3.8, 4) is 11.8 Å². The van der Waals surface area contributed by atoms with Crippen LogP contribution in [0, 0.1) is 12.2 Å². The Morgan fingerprint density at radius 1 is 1.25 bits per heavy atom. The molecule has 4 nitrogen and oxygen atoms in total. The average molecular weight is 283 g/mol. The number of ether oxygens (including phenoxy) is 2. The molecule has 1 aromatic heterocycles. The fourth-order valence-corrected chi connectivity index (χ4v) is 1.50. The minimum Gasteiger partial charge on any atom is -0.467 e. The first-order valence-electron chi connectivity index (χ1n) is 5.54. The average Bonchev–Trinajstić information content (AvgIpc) is 2.42. The number of benzene rings is 1. The van der Waals surface area contributed by atoms with Crippen LogP contribution < -0.4 is 9.47 Å². The number of nitrogens with zero attached hydrogens (tertiary/aromatic N) is 2. The first-order chi connectivity index (χ1) is 9.58. The number of rotatable bonds is 5. The third kappa shape index (κ3) is 3.59. The Balaban J connectivity index is 2.20. The summed E-state index contributed by atoms with van der Waals surface area (Å²) in [5.41, 5.74) is 0.953. The number of hydrogen-bond acceptors (Lipinski definition) is 4. The predicted octanol–water partition coefficient (Wildman–Crippen LogP) is 2.83. The lowest BCUT2D eigenvalue weighted by molar-refractivity contribution is -0.0522. The van der Waals surface area contributed by atoms with Gasteiger partial charge >= 0.3 is 12.6 Å². The second-order valence-corrected chi connectivity index (χ2v) is 3.68. The highest BCUT2D eigenvalue weighted by molar-refractivity contribution is 5.39. The Morgan fingerprint density at radius 2 is 2.05 bits per heavy atom. The zero-order chi connectivity index (χ0) is 14.5. The molecule has 0 bridgehead atoms. The van der Waals surface area contributed by atoms with E-state index < -0.39 is 18.2 Å². The lowest BCUT2D eigenvalue weighted by atomic mass is 10.1. The SMILES string of the molecule is COc1nccc([CH]c2ccc(F)c(OC(F)F)c2)n1. The van der Waals surface area contributed by atoms with E-state index >= 15 is 0 Å². The number of halogens is 3. The molecule has 7 heteroatoms. The molecular weight excluding hydrogens is 273 g/mol. The van der Waals surface area contributed by atoms with Crippen molar-refractivity contribution in [3.05, 3.63) is 54.0 Å². The Labute approximate surface area is 113 Å². The van der Waals surface area contributed by atoms with Crippen LogP contribution in [-0.2, 0) is 0 Å². The van der Waals surface area contributed by atoms with Gasteiger partial charge in [0.25, 0.3) is 0 Å². The molecule has 0 amide bonds. The summed E-state index contributed by atoms with van der Waals surface area (Å²) in [7, 11) is 1.42. The van der Waals surface area contributed by atoms with Crippen LogP contribution in [-0.4, -0.2) is 23.7 Å². The first kappa shape index (κ1) is 14.1. The van der Waals surface area contributed by atoms with E-state index in [2.05, 4.69) is 14.7 Å². The predicted molar refractivity (Wildman–Crippen MR) is 64.1 cm³/mol. The van der Waals surface area contributed by atoms with E-state index in [0.717, 1.165) is 12.1 Å². The summed E-state index contributed by atoms with van der Waals surface area (Å²) in [4.78, 5) is 7.86. The van der Waals surface area contributed by atoms with Crippen LogP contribution in [0.15, 0.2) is 30.5 Å². The summed E-state index contributed by atoms with van der Waals surface area (Å²) in [5, 5.41) is 0. The summed E-state index contributed by atoms with van der Waals surface area (Å²) in [6, 6.07) is 5.39. The standard InChI is InChI=1S/C13H10F3N2O2/c1-19-13-17-5-4-9(18-13)6-8-2-3-10(14)11(7-8)20-12(15)16/h2-7,12H,1H3. The molecule has 0 saturated heterocycles. The van der Waals surface area contributed by atoms with Gasteiger partial charge in [0.1, 0.15) is 0 Å². The first-order valence-corrected chi connectivity index (χ1v) is 5.54. The molecule has 0 spiro atoms. The topological polar surface area (TPSA) is 44.2 Å². The van der Waals surface area contributed by atoms with Crippen LogP contribution in [0.2, 0.25) is 0 Å². The second kappa shape index (κ2) is 6.23. The molecule has 0 unspecified atom stereocenters. The van der Waals surface area contributed by atoms with Crippen LogP contribution in [0.25, 0.3) is 0 Å². The van der Waals surface area contributed by atoms with E-state index in [1.165, 1.54) is 19.4 Å². The van der Waals surface area contributed by atoms with E-state index in [9.17, 15) is 13.2 Å². The molecule has 1 radical (unpaired) electrons. The maximum atomic E-state index is 13.3. The van der Waals surface area contributed by atoms with Gasteiger partial charge < -0.3 is 9.47 Å². The monoisotopic (exact) mass is 283 g/mol. The van der Waals surface area contributed by atoms with Gasteiger partial charge in [-0.2, -0.15) is 13.8 Å². The van der Waals surface area contributed by atoms with Gasteiger partial charge in [-0.05, 0) is 23.8 Å². The molecule has 105 valence electrons. The van der Waals surface area contributed by atoms with Crippen LogP contribution in [0.4, 0.5) is 13.2 Å². The Hall–Kier alpha value is -2.31. The molecule has 0 aliphatic heterocycles.